The first-order chi connectivity index (χ1) is 18.3. The van der Waals surface area contributed by atoms with Crippen molar-refractivity contribution < 1.29 is 9.47 Å². The number of fused-ring (bicyclic) bond motifs is 9. The van der Waals surface area contributed by atoms with Crippen molar-refractivity contribution in [1.82, 2.24) is 14.0 Å². The van der Waals surface area contributed by atoms with Gasteiger partial charge in [-0.3, -0.25) is 8.97 Å². The fourth-order valence-corrected chi connectivity index (χ4v) is 6.11. The van der Waals surface area contributed by atoms with Crippen molar-refractivity contribution in [2.45, 2.75) is 0 Å². The lowest BCUT2D eigenvalue weighted by Crippen LogP contribution is -2.57. The minimum atomic E-state index is 0.0596. The molecular weight excluding hydrogens is 457 g/mol. The molecule has 0 aliphatic carbocycles. The summed E-state index contributed by atoms with van der Waals surface area (Å²) in [6, 6.07) is 37.6. The first-order valence-corrected chi connectivity index (χ1v) is 12.4. The van der Waals surface area contributed by atoms with Crippen LogP contribution in [0.25, 0.3) is 33.5 Å². The lowest BCUT2D eigenvalue weighted by atomic mass is 9.35. The van der Waals surface area contributed by atoms with Crippen LogP contribution in [0.2, 0.25) is 0 Å². The highest BCUT2D eigenvalue weighted by atomic mass is 16.5. The Balaban J connectivity index is 1.37. The van der Waals surface area contributed by atoms with Gasteiger partial charge in [-0.15, -0.1) is 0 Å². The number of rotatable bonds is 1. The molecule has 0 saturated carbocycles. The fourth-order valence-electron chi connectivity index (χ4n) is 6.11. The van der Waals surface area contributed by atoms with Crippen molar-refractivity contribution >= 4 is 50.9 Å². The second-order valence-electron chi connectivity index (χ2n) is 9.63. The molecule has 7 aromatic rings. The van der Waals surface area contributed by atoms with E-state index in [1.165, 1.54) is 0 Å². The lowest BCUT2D eigenvalue weighted by molar-refractivity contribution is 0.464. The Labute approximate surface area is 212 Å². The number of aromatic nitrogens is 3. The minimum Gasteiger partial charge on any atom is -0.458 e. The summed E-state index contributed by atoms with van der Waals surface area (Å²) >= 11 is 0. The van der Waals surface area contributed by atoms with E-state index in [2.05, 4.69) is 87.8 Å². The highest BCUT2D eigenvalue weighted by Crippen LogP contribution is 2.38. The average Bonchev–Trinajstić information content (AvgIpc) is 3.47. The van der Waals surface area contributed by atoms with Crippen LogP contribution < -0.4 is 25.9 Å². The third-order valence-electron chi connectivity index (χ3n) is 7.64. The normalized spacial score (nSPS) is 13.2. The highest BCUT2D eigenvalue weighted by Gasteiger charge is 2.40. The summed E-state index contributed by atoms with van der Waals surface area (Å²) in [4.78, 5) is 5.04. The second kappa shape index (κ2) is 6.83. The molecule has 5 nitrogen and oxygen atoms in total. The maximum absolute atomic E-state index is 6.54. The largest absolute Gasteiger partial charge is 0.458 e. The van der Waals surface area contributed by atoms with Crippen LogP contribution >= 0.6 is 0 Å². The molecule has 0 spiro atoms. The number of para-hydroxylation sites is 6. The molecule has 5 aromatic carbocycles. The molecule has 4 heterocycles. The predicted molar refractivity (Wildman–Crippen MR) is 147 cm³/mol. The third kappa shape index (κ3) is 2.46. The topological polar surface area (TPSA) is 40.7 Å². The van der Waals surface area contributed by atoms with Crippen LogP contribution in [-0.4, -0.2) is 20.7 Å². The number of benzene rings is 5. The van der Waals surface area contributed by atoms with Gasteiger partial charge in [0.1, 0.15) is 23.0 Å². The van der Waals surface area contributed by atoms with E-state index in [0.717, 1.165) is 72.9 Å². The molecule has 0 bridgehead atoms. The zero-order valence-electron chi connectivity index (χ0n) is 19.6. The van der Waals surface area contributed by atoms with Crippen LogP contribution in [0.3, 0.4) is 0 Å². The van der Waals surface area contributed by atoms with Crippen LogP contribution in [0.1, 0.15) is 0 Å². The molecule has 172 valence electrons. The van der Waals surface area contributed by atoms with E-state index in [9.17, 15) is 0 Å². The van der Waals surface area contributed by atoms with Gasteiger partial charge in [0.05, 0.1) is 27.8 Å². The van der Waals surface area contributed by atoms with Gasteiger partial charge in [0.15, 0.2) is 0 Å². The molecule has 0 unspecified atom stereocenters. The van der Waals surface area contributed by atoms with E-state index >= 15 is 0 Å². The summed E-state index contributed by atoms with van der Waals surface area (Å²) in [5, 5.41) is 0. The predicted octanol–water partition coefficient (Wildman–Crippen LogP) is 5.16. The molecule has 0 radical (unpaired) electrons. The molecule has 2 aliphatic heterocycles. The quantitative estimate of drug-likeness (QED) is 0.308. The molecule has 0 N–H and O–H groups in total. The molecule has 2 aromatic heterocycles. The summed E-state index contributed by atoms with van der Waals surface area (Å²) in [5.74, 6) is 4.26. The number of imidazole rings is 2. The first-order valence-electron chi connectivity index (χ1n) is 12.4. The summed E-state index contributed by atoms with van der Waals surface area (Å²) in [7, 11) is 0. The highest BCUT2D eigenvalue weighted by molar-refractivity contribution is 6.98. The summed E-state index contributed by atoms with van der Waals surface area (Å²) in [6.07, 6.45) is 0. The Morgan fingerprint density at radius 2 is 1.14 bits per heavy atom. The van der Waals surface area contributed by atoms with Crippen molar-refractivity contribution in [2.24, 2.45) is 0 Å². The lowest BCUT2D eigenvalue weighted by Gasteiger charge is -2.33. The van der Waals surface area contributed by atoms with Gasteiger partial charge in [-0.05, 0) is 47.3 Å². The average molecular weight is 475 g/mol. The number of nitrogens with zero attached hydrogens (tertiary/aromatic N) is 3. The van der Waals surface area contributed by atoms with E-state index in [-0.39, 0.29) is 6.71 Å². The van der Waals surface area contributed by atoms with Gasteiger partial charge in [-0.2, -0.15) is 0 Å². The number of hydrogen-bond acceptors (Lipinski definition) is 3. The Hall–Kier alpha value is -4.97. The summed E-state index contributed by atoms with van der Waals surface area (Å²) < 4.78 is 17.5. The standard InChI is InChI=1S/C31H18BN3O2/c1-7-15-26-20(9-1)32-21-10-2-8-16-27(21)37-29-18-19(17-28(36-26)30(29)32)34-24-13-5-6-14-25(24)35-23-12-4-3-11-22(23)33-31(34)35/h1-18H. The third-order valence-corrected chi connectivity index (χ3v) is 7.64. The monoisotopic (exact) mass is 475 g/mol. The van der Waals surface area contributed by atoms with Gasteiger partial charge in [-0.1, -0.05) is 60.7 Å². The SMILES string of the molecule is c1ccc2c(c1)Oc1cc(-n3c4ccccc4n4c5ccccc5nc34)cc3c1B2c1ccccc1O3. The number of ether oxygens (including phenoxy) is 2. The molecule has 6 heteroatoms. The van der Waals surface area contributed by atoms with Crippen LogP contribution in [0, 0.1) is 0 Å². The van der Waals surface area contributed by atoms with Crippen LogP contribution in [0.15, 0.2) is 109 Å². The van der Waals surface area contributed by atoms with E-state index in [1.54, 1.807) is 0 Å². The fraction of sp³-hybridized carbons (Fsp3) is 0. The van der Waals surface area contributed by atoms with Gasteiger partial charge >= 0.3 is 0 Å². The van der Waals surface area contributed by atoms with E-state index in [0.29, 0.717) is 0 Å². The van der Waals surface area contributed by atoms with Crippen LogP contribution in [-0.2, 0) is 0 Å². The zero-order chi connectivity index (χ0) is 24.1. The van der Waals surface area contributed by atoms with Gasteiger partial charge in [0.25, 0.3) is 6.71 Å². The van der Waals surface area contributed by atoms with Crippen molar-refractivity contribution in [1.29, 1.82) is 0 Å². The molecule has 9 rings (SSSR count). The van der Waals surface area contributed by atoms with E-state index in [1.807, 2.05) is 30.3 Å². The van der Waals surface area contributed by atoms with Crippen LogP contribution in [0.4, 0.5) is 0 Å². The van der Waals surface area contributed by atoms with E-state index in [4.69, 9.17) is 14.5 Å². The Morgan fingerprint density at radius 3 is 1.84 bits per heavy atom. The number of hydrogen-bond donors (Lipinski definition) is 0. The minimum absolute atomic E-state index is 0.0596. The van der Waals surface area contributed by atoms with Crippen molar-refractivity contribution in [3.63, 3.8) is 0 Å². The maximum Gasteiger partial charge on any atom is 0.260 e. The summed E-state index contributed by atoms with van der Waals surface area (Å²) in [6.45, 7) is 0.0596. The molecule has 0 amide bonds. The van der Waals surface area contributed by atoms with E-state index < -0.39 is 0 Å². The van der Waals surface area contributed by atoms with Gasteiger partial charge < -0.3 is 9.47 Å². The smallest absolute Gasteiger partial charge is 0.260 e. The molecule has 2 aliphatic rings. The zero-order valence-corrected chi connectivity index (χ0v) is 19.6. The van der Waals surface area contributed by atoms with Gasteiger partial charge in [-0.25, -0.2) is 4.98 Å². The van der Waals surface area contributed by atoms with Crippen molar-refractivity contribution in [3.05, 3.63) is 109 Å². The first kappa shape index (κ1) is 19.3. The summed E-state index contributed by atoms with van der Waals surface area (Å²) in [5.41, 5.74) is 8.57. The maximum atomic E-state index is 6.54. The molecular formula is C31H18BN3O2. The van der Waals surface area contributed by atoms with Crippen LogP contribution in [0.5, 0.6) is 23.0 Å². The molecule has 37 heavy (non-hydrogen) atoms. The second-order valence-corrected chi connectivity index (χ2v) is 9.63. The Bertz CT molecular complexity index is 2000. The Morgan fingerprint density at radius 1 is 0.568 bits per heavy atom. The Kier molecular flexibility index (Phi) is 3.55. The molecule has 0 fully saturated rings. The molecule has 0 saturated heterocycles. The van der Waals surface area contributed by atoms with Gasteiger partial charge in [0.2, 0.25) is 5.78 Å². The van der Waals surface area contributed by atoms with Crippen molar-refractivity contribution in [3.8, 4) is 28.7 Å². The van der Waals surface area contributed by atoms with Crippen molar-refractivity contribution in [2.75, 3.05) is 0 Å². The van der Waals surface area contributed by atoms with Gasteiger partial charge in [0, 0.05) is 17.6 Å². The molecule has 0 atom stereocenters.